The van der Waals surface area contributed by atoms with Crippen LogP contribution < -0.4 is 15.5 Å². The van der Waals surface area contributed by atoms with E-state index in [1.54, 1.807) is 0 Å². The predicted octanol–water partition coefficient (Wildman–Crippen LogP) is 3.19. The third-order valence-corrected chi connectivity index (χ3v) is 5.75. The molecule has 2 aromatic rings. The van der Waals surface area contributed by atoms with E-state index in [1.165, 1.54) is 0 Å². The number of carbonyl (C=O) groups is 2. The van der Waals surface area contributed by atoms with Crippen LogP contribution >= 0.6 is 11.8 Å². The molecule has 7 heteroatoms. The van der Waals surface area contributed by atoms with Crippen molar-refractivity contribution in [2.45, 2.75) is 13.0 Å². The van der Waals surface area contributed by atoms with Gasteiger partial charge in [0.05, 0.1) is 6.42 Å². The van der Waals surface area contributed by atoms with Crippen molar-refractivity contribution < 1.29 is 9.59 Å². The summed E-state index contributed by atoms with van der Waals surface area (Å²) >= 11 is 1.89. The van der Waals surface area contributed by atoms with Crippen LogP contribution in [0.25, 0.3) is 0 Å². The Bertz CT molecular complexity index is 833. The Morgan fingerprint density at radius 1 is 1.03 bits per heavy atom. The van der Waals surface area contributed by atoms with Gasteiger partial charge in [-0.2, -0.15) is 11.8 Å². The Hall–Kier alpha value is -2.67. The van der Waals surface area contributed by atoms with Crippen LogP contribution in [-0.2, 0) is 17.8 Å². The zero-order valence-corrected chi connectivity index (χ0v) is 17.8. The van der Waals surface area contributed by atoms with E-state index in [2.05, 4.69) is 10.6 Å². The van der Waals surface area contributed by atoms with Crippen molar-refractivity contribution in [3.8, 4) is 0 Å². The minimum Gasteiger partial charge on any atom is -0.378 e. The minimum absolute atomic E-state index is 0.170. The summed E-state index contributed by atoms with van der Waals surface area (Å²) < 4.78 is 0. The van der Waals surface area contributed by atoms with Gasteiger partial charge in [-0.1, -0.05) is 24.3 Å². The maximum absolute atomic E-state index is 12.4. The zero-order chi connectivity index (χ0) is 20.6. The number of hydrogen-bond acceptors (Lipinski definition) is 4. The SMILES string of the molecule is CN(C)c1cccc(CNC(=O)Nc2ccc(CC(=O)N3CCSCC3)cc2)c1. The second-order valence-electron chi connectivity index (χ2n) is 7.24. The first-order valence-corrected chi connectivity index (χ1v) is 10.9. The van der Waals surface area contributed by atoms with Gasteiger partial charge in [0.1, 0.15) is 0 Å². The fourth-order valence-corrected chi connectivity index (χ4v) is 4.01. The van der Waals surface area contributed by atoms with E-state index in [9.17, 15) is 9.59 Å². The molecule has 0 bridgehead atoms. The van der Waals surface area contributed by atoms with Crippen LogP contribution in [0.15, 0.2) is 48.5 Å². The van der Waals surface area contributed by atoms with Crippen LogP contribution in [0.4, 0.5) is 16.2 Å². The largest absolute Gasteiger partial charge is 0.378 e. The highest BCUT2D eigenvalue weighted by atomic mass is 32.2. The van der Waals surface area contributed by atoms with Crippen LogP contribution in [0.2, 0.25) is 0 Å². The van der Waals surface area contributed by atoms with Gasteiger partial charge in [-0.15, -0.1) is 0 Å². The van der Waals surface area contributed by atoms with Gasteiger partial charge in [-0.25, -0.2) is 4.79 Å². The molecule has 0 saturated carbocycles. The minimum atomic E-state index is -0.255. The molecule has 0 unspecified atom stereocenters. The third kappa shape index (κ3) is 6.42. The summed E-state index contributed by atoms with van der Waals surface area (Å²) in [6.07, 6.45) is 0.402. The molecule has 154 valence electrons. The molecular weight excluding hydrogens is 384 g/mol. The number of amides is 3. The number of nitrogens with zero attached hydrogens (tertiary/aromatic N) is 2. The van der Waals surface area contributed by atoms with Crippen LogP contribution in [0, 0.1) is 0 Å². The molecule has 2 aromatic carbocycles. The number of urea groups is 1. The van der Waals surface area contributed by atoms with Gasteiger partial charge >= 0.3 is 6.03 Å². The van der Waals surface area contributed by atoms with E-state index >= 15 is 0 Å². The number of hydrogen-bond donors (Lipinski definition) is 2. The first kappa shape index (κ1) is 21.0. The quantitative estimate of drug-likeness (QED) is 0.765. The highest BCUT2D eigenvalue weighted by Crippen LogP contribution is 2.15. The molecule has 0 atom stereocenters. The van der Waals surface area contributed by atoms with Gasteiger partial charge in [-0.05, 0) is 35.4 Å². The molecule has 0 aliphatic carbocycles. The molecular formula is C22H28N4O2S. The average Bonchev–Trinajstić information content (AvgIpc) is 2.74. The molecule has 1 heterocycles. The molecule has 0 spiro atoms. The molecule has 29 heavy (non-hydrogen) atoms. The Kier molecular flexibility index (Phi) is 7.41. The Labute approximate surface area is 176 Å². The molecule has 1 saturated heterocycles. The van der Waals surface area contributed by atoms with E-state index in [1.807, 2.05) is 84.2 Å². The summed E-state index contributed by atoms with van der Waals surface area (Å²) in [5.74, 6) is 2.20. The van der Waals surface area contributed by atoms with Crippen molar-refractivity contribution in [2.24, 2.45) is 0 Å². The fourth-order valence-electron chi connectivity index (χ4n) is 3.11. The van der Waals surface area contributed by atoms with Gasteiger partial charge in [0.25, 0.3) is 0 Å². The lowest BCUT2D eigenvalue weighted by Gasteiger charge is -2.26. The maximum atomic E-state index is 12.4. The number of carbonyl (C=O) groups excluding carboxylic acids is 2. The summed E-state index contributed by atoms with van der Waals surface area (Å²) in [5, 5.41) is 5.71. The Morgan fingerprint density at radius 3 is 2.45 bits per heavy atom. The van der Waals surface area contributed by atoms with Crippen molar-refractivity contribution in [1.29, 1.82) is 0 Å². The van der Waals surface area contributed by atoms with Gasteiger partial charge in [-0.3, -0.25) is 4.79 Å². The molecule has 1 aliphatic heterocycles. The molecule has 1 aliphatic rings. The smallest absolute Gasteiger partial charge is 0.319 e. The number of anilines is 2. The summed E-state index contributed by atoms with van der Waals surface area (Å²) in [6.45, 7) is 2.12. The molecule has 1 fully saturated rings. The number of nitrogens with one attached hydrogen (secondary N) is 2. The summed E-state index contributed by atoms with van der Waals surface area (Å²) in [7, 11) is 3.98. The van der Waals surface area contributed by atoms with E-state index in [0.717, 1.165) is 41.4 Å². The van der Waals surface area contributed by atoms with Gasteiger partial charge in [0.15, 0.2) is 0 Å². The molecule has 3 rings (SSSR count). The number of thioether (sulfide) groups is 1. The van der Waals surface area contributed by atoms with Gasteiger partial charge in [0.2, 0.25) is 5.91 Å². The molecule has 0 radical (unpaired) electrons. The first-order chi connectivity index (χ1) is 14.0. The second-order valence-corrected chi connectivity index (χ2v) is 8.46. The zero-order valence-electron chi connectivity index (χ0n) is 17.0. The monoisotopic (exact) mass is 412 g/mol. The highest BCUT2D eigenvalue weighted by Gasteiger charge is 2.16. The van der Waals surface area contributed by atoms with Crippen LogP contribution in [0.1, 0.15) is 11.1 Å². The summed E-state index contributed by atoms with van der Waals surface area (Å²) in [6, 6.07) is 15.2. The standard InChI is InChI=1S/C22H28N4O2S/c1-25(2)20-5-3-4-18(14-20)16-23-22(28)24-19-8-6-17(7-9-19)15-21(27)26-10-12-29-13-11-26/h3-9,14H,10-13,15-16H2,1-2H3,(H2,23,24,28). The lowest BCUT2D eigenvalue weighted by molar-refractivity contribution is -0.130. The molecule has 2 N–H and O–H groups in total. The molecule has 6 nitrogen and oxygen atoms in total. The van der Waals surface area contributed by atoms with Crippen LogP contribution in [0.3, 0.4) is 0 Å². The van der Waals surface area contributed by atoms with Crippen LogP contribution in [0.5, 0.6) is 0 Å². The number of benzene rings is 2. The van der Waals surface area contributed by atoms with Crippen molar-refractivity contribution in [3.63, 3.8) is 0 Å². The van der Waals surface area contributed by atoms with Gasteiger partial charge in [0, 0.05) is 56.6 Å². The lowest BCUT2D eigenvalue weighted by atomic mass is 10.1. The third-order valence-electron chi connectivity index (χ3n) is 4.81. The highest BCUT2D eigenvalue weighted by molar-refractivity contribution is 7.99. The molecule has 3 amide bonds. The van der Waals surface area contributed by atoms with Crippen molar-refractivity contribution >= 4 is 35.1 Å². The topological polar surface area (TPSA) is 64.7 Å². The first-order valence-electron chi connectivity index (χ1n) is 9.77. The number of rotatable bonds is 6. The summed E-state index contributed by atoms with van der Waals surface area (Å²) in [5.41, 5.74) is 3.80. The van der Waals surface area contributed by atoms with Crippen molar-refractivity contribution in [3.05, 3.63) is 59.7 Å². The predicted molar refractivity (Wildman–Crippen MR) is 121 cm³/mol. The second kappa shape index (κ2) is 10.2. The van der Waals surface area contributed by atoms with Crippen molar-refractivity contribution in [2.75, 3.05) is 48.9 Å². The van der Waals surface area contributed by atoms with E-state index in [-0.39, 0.29) is 11.9 Å². The van der Waals surface area contributed by atoms with E-state index < -0.39 is 0 Å². The summed E-state index contributed by atoms with van der Waals surface area (Å²) in [4.78, 5) is 28.5. The van der Waals surface area contributed by atoms with Crippen molar-refractivity contribution in [1.82, 2.24) is 10.2 Å². The normalized spacial score (nSPS) is 13.7. The van der Waals surface area contributed by atoms with E-state index in [4.69, 9.17) is 0 Å². The maximum Gasteiger partial charge on any atom is 0.319 e. The molecule has 0 aromatic heterocycles. The Balaban J connectivity index is 1.47. The van der Waals surface area contributed by atoms with Gasteiger partial charge < -0.3 is 20.4 Å². The lowest BCUT2D eigenvalue weighted by Crippen LogP contribution is -2.38. The Morgan fingerprint density at radius 2 is 1.76 bits per heavy atom. The average molecular weight is 413 g/mol. The van der Waals surface area contributed by atoms with Crippen LogP contribution in [-0.4, -0.2) is 55.5 Å². The van der Waals surface area contributed by atoms with E-state index in [0.29, 0.717) is 18.7 Å². The fraction of sp³-hybridized carbons (Fsp3) is 0.364.